The van der Waals surface area contributed by atoms with Gasteiger partial charge in [0.25, 0.3) is 0 Å². The Morgan fingerprint density at radius 3 is 2.47 bits per heavy atom. The molecule has 1 heterocycles. The number of hydrogen-bond acceptors (Lipinski definition) is 3. The van der Waals surface area contributed by atoms with Crippen LogP contribution in [0.25, 0.3) is 0 Å². The fraction of sp³-hybridized carbons (Fsp3) is 0.833. The number of rotatable bonds is 3. The van der Waals surface area contributed by atoms with Crippen molar-refractivity contribution >= 4 is 12.0 Å². The summed E-state index contributed by atoms with van der Waals surface area (Å²) in [5, 5.41) is 2.61. The number of alkyl carbamates (subject to hydrolysis) is 1. The lowest BCUT2D eigenvalue weighted by Gasteiger charge is -2.26. The van der Waals surface area contributed by atoms with Crippen LogP contribution in [0.4, 0.5) is 4.79 Å². The van der Waals surface area contributed by atoms with Crippen LogP contribution in [0.1, 0.15) is 27.2 Å². The Morgan fingerprint density at radius 2 is 2.06 bits per heavy atom. The van der Waals surface area contributed by atoms with Crippen LogP contribution in [0.3, 0.4) is 0 Å². The third-order valence-corrected chi connectivity index (χ3v) is 3.13. The Hall–Kier alpha value is -1.26. The molecule has 0 bridgehead atoms. The van der Waals surface area contributed by atoms with Gasteiger partial charge in [0, 0.05) is 13.1 Å². The van der Waals surface area contributed by atoms with Crippen LogP contribution in [-0.4, -0.2) is 43.1 Å². The third-order valence-electron chi connectivity index (χ3n) is 3.13. The molecule has 0 spiro atoms. The molecule has 98 valence electrons. The van der Waals surface area contributed by atoms with Gasteiger partial charge in [0.2, 0.25) is 5.91 Å². The number of nitrogens with zero attached hydrogens (tertiary/aromatic N) is 1. The van der Waals surface area contributed by atoms with E-state index in [1.165, 1.54) is 7.11 Å². The van der Waals surface area contributed by atoms with Crippen molar-refractivity contribution in [3.63, 3.8) is 0 Å². The van der Waals surface area contributed by atoms with Gasteiger partial charge in [0.15, 0.2) is 0 Å². The van der Waals surface area contributed by atoms with E-state index in [1.54, 1.807) is 0 Å². The molecule has 0 aliphatic carbocycles. The van der Waals surface area contributed by atoms with Gasteiger partial charge >= 0.3 is 6.09 Å². The first-order valence-corrected chi connectivity index (χ1v) is 6.09. The van der Waals surface area contributed by atoms with E-state index in [-0.39, 0.29) is 11.8 Å². The Kier molecular flexibility index (Phi) is 4.78. The molecular formula is C12H22N2O3. The van der Waals surface area contributed by atoms with Gasteiger partial charge in [-0.3, -0.25) is 4.79 Å². The molecule has 1 aliphatic rings. The normalized spacial score (nSPS) is 21.5. The highest BCUT2D eigenvalue weighted by Crippen LogP contribution is 2.17. The topological polar surface area (TPSA) is 58.6 Å². The van der Waals surface area contributed by atoms with Crippen LogP contribution < -0.4 is 5.32 Å². The number of hydrogen-bond donors (Lipinski definition) is 1. The molecule has 5 heteroatoms. The first-order valence-electron chi connectivity index (χ1n) is 6.09. The van der Waals surface area contributed by atoms with Crippen LogP contribution >= 0.6 is 0 Å². The quantitative estimate of drug-likeness (QED) is 0.810. The standard InChI is InChI=1S/C12H22N2O3/c1-8(2)10(13-12(16)17-4)11(15)14-6-5-9(3)7-14/h8-10H,5-7H2,1-4H3,(H,13,16)/t9?,10-/m0/s1. The zero-order valence-electron chi connectivity index (χ0n) is 11.0. The molecule has 17 heavy (non-hydrogen) atoms. The highest BCUT2D eigenvalue weighted by molar-refractivity contribution is 5.86. The number of carbonyl (C=O) groups excluding carboxylic acids is 2. The van der Waals surface area contributed by atoms with E-state index in [0.29, 0.717) is 5.92 Å². The van der Waals surface area contributed by atoms with Crippen molar-refractivity contribution in [3.8, 4) is 0 Å². The summed E-state index contributed by atoms with van der Waals surface area (Å²) < 4.78 is 4.54. The second kappa shape index (κ2) is 5.89. The van der Waals surface area contributed by atoms with Gasteiger partial charge in [-0.05, 0) is 18.3 Å². The predicted octanol–water partition coefficient (Wildman–Crippen LogP) is 1.24. The minimum atomic E-state index is -0.552. The highest BCUT2D eigenvalue weighted by atomic mass is 16.5. The summed E-state index contributed by atoms with van der Waals surface area (Å²) in [6.45, 7) is 7.53. The summed E-state index contributed by atoms with van der Waals surface area (Å²) in [5.41, 5.74) is 0. The summed E-state index contributed by atoms with van der Waals surface area (Å²) in [4.78, 5) is 25.3. The van der Waals surface area contributed by atoms with Gasteiger partial charge in [-0.25, -0.2) is 4.79 Å². The van der Waals surface area contributed by atoms with Gasteiger partial charge in [0.1, 0.15) is 6.04 Å². The first kappa shape index (κ1) is 13.8. The molecule has 0 radical (unpaired) electrons. The zero-order valence-corrected chi connectivity index (χ0v) is 11.0. The van der Waals surface area contributed by atoms with Gasteiger partial charge in [-0.1, -0.05) is 20.8 Å². The van der Waals surface area contributed by atoms with E-state index < -0.39 is 12.1 Å². The van der Waals surface area contributed by atoms with Gasteiger partial charge < -0.3 is 15.0 Å². The summed E-state index contributed by atoms with van der Waals surface area (Å²) in [6.07, 6.45) is 0.485. The maximum Gasteiger partial charge on any atom is 0.407 e. The molecule has 0 saturated carbocycles. The fourth-order valence-corrected chi connectivity index (χ4v) is 2.03. The van der Waals surface area contributed by atoms with Crippen molar-refractivity contribution in [2.24, 2.45) is 11.8 Å². The van der Waals surface area contributed by atoms with Crippen molar-refractivity contribution < 1.29 is 14.3 Å². The second-order valence-corrected chi connectivity index (χ2v) is 5.04. The molecule has 1 aliphatic heterocycles. The summed E-state index contributed by atoms with van der Waals surface area (Å²) in [6, 6.07) is -0.493. The van der Waals surface area contributed by atoms with E-state index in [9.17, 15) is 9.59 Å². The molecule has 0 aromatic heterocycles. The third kappa shape index (κ3) is 3.61. The maximum absolute atomic E-state index is 12.2. The molecule has 1 rings (SSSR count). The average Bonchev–Trinajstić information content (AvgIpc) is 2.71. The SMILES string of the molecule is COC(=O)N[C@H](C(=O)N1CCC(C)C1)C(C)C. The van der Waals surface area contributed by atoms with Gasteiger partial charge in [-0.2, -0.15) is 0 Å². The van der Waals surface area contributed by atoms with Crippen LogP contribution in [-0.2, 0) is 9.53 Å². The largest absolute Gasteiger partial charge is 0.453 e. The smallest absolute Gasteiger partial charge is 0.407 e. The Balaban J connectivity index is 2.63. The highest BCUT2D eigenvalue weighted by Gasteiger charge is 2.32. The number of likely N-dealkylation sites (tertiary alicyclic amines) is 1. The van der Waals surface area contributed by atoms with Crippen molar-refractivity contribution in [1.29, 1.82) is 0 Å². The predicted molar refractivity (Wildman–Crippen MR) is 64.5 cm³/mol. The van der Waals surface area contributed by atoms with Crippen LogP contribution in [0, 0.1) is 11.8 Å². The first-order chi connectivity index (χ1) is 7.95. The van der Waals surface area contributed by atoms with Gasteiger partial charge in [0.05, 0.1) is 7.11 Å². The van der Waals surface area contributed by atoms with Crippen LogP contribution in [0.5, 0.6) is 0 Å². The average molecular weight is 242 g/mol. The monoisotopic (exact) mass is 242 g/mol. The minimum absolute atomic E-state index is 0.00486. The lowest BCUT2D eigenvalue weighted by atomic mass is 10.0. The molecule has 1 N–H and O–H groups in total. The van der Waals surface area contributed by atoms with E-state index in [4.69, 9.17) is 0 Å². The number of methoxy groups -OCH3 is 1. The van der Waals surface area contributed by atoms with Crippen molar-refractivity contribution in [1.82, 2.24) is 10.2 Å². The number of ether oxygens (including phenoxy) is 1. The summed E-state index contributed by atoms with van der Waals surface area (Å²) >= 11 is 0. The number of carbonyl (C=O) groups is 2. The lowest BCUT2D eigenvalue weighted by Crippen LogP contribution is -2.50. The lowest BCUT2D eigenvalue weighted by molar-refractivity contribution is -0.133. The minimum Gasteiger partial charge on any atom is -0.453 e. The number of nitrogens with one attached hydrogen (secondary N) is 1. The van der Waals surface area contributed by atoms with Crippen LogP contribution in [0.15, 0.2) is 0 Å². The fourth-order valence-electron chi connectivity index (χ4n) is 2.03. The number of amides is 2. The zero-order chi connectivity index (χ0) is 13.0. The van der Waals surface area contributed by atoms with Crippen molar-refractivity contribution in [2.75, 3.05) is 20.2 Å². The molecule has 1 unspecified atom stereocenters. The molecule has 2 amide bonds. The molecule has 0 aromatic rings. The van der Waals surface area contributed by atoms with Crippen molar-refractivity contribution in [2.45, 2.75) is 33.2 Å². The molecule has 2 atom stereocenters. The second-order valence-electron chi connectivity index (χ2n) is 5.04. The molecule has 1 saturated heterocycles. The maximum atomic E-state index is 12.2. The Morgan fingerprint density at radius 1 is 1.41 bits per heavy atom. The van der Waals surface area contributed by atoms with Crippen molar-refractivity contribution in [3.05, 3.63) is 0 Å². The van der Waals surface area contributed by atoms with E-state index in [0.717, 1.165) is 19.5 Å². The van der Waals surface area contributed by atoms with Crippen LogP contribution in [0.2, 0.25) is 0 Å². The molecule has 1 fully saturated rings. The molecular weight excluding hydrogens is 220 g/mol. The summed E-state index contributed by atoms with van der Waals surface area (Å²) in [7, 11) is 1.30. The van der Waals surface area contributed by atoms with E-state index in [2.05, 4.69) is 17.0 Å². The summed E-state index contributed by atoms with van der Waals surface area (Å²) in [5.74, 6) is 0.595. The molecule has 0 aromatic carbocycles. The van der Waals surface area contributed by atoms with E-state index >= 15 is 0 Å². The van der Waals surface area contributed by atoms with Gasteiger partial charge in [-0.15, -0.1) is 0 Å². The van der Waals surface area contributed by atoms with E-state index in [1.807, 2.05) is 18.7 Å². The Bertz CT molecular complexity index is 291. The molecule has 5 nitrogen and oxygen atoms in total. The Labute approximate surface area is 102 Å².